The van der Waals surface area contributed by atoms with Gasteiger partial charge in [0.25, 0.3) is 0 Å². The van der Waals surface area contributed by atoms with Crippen LogP contribution in [0.2, 0.25) is 0 Å². The van der Waals surface area contributed by atoms with E-state index >= 15 is 0 Å². The SMILES string of the molecule is Cc1cc(NC2CCCCC2)ccc1-c1ccccc1. The lowest BCUT2D eigenvalue weighted by molar-refractivity contribution is 0.463. The Hall–Kier alpha value is -1.76. The molecule has 1 nitrogen and oxygen atoms in total. The van der Waals surface area contributed by atoms with E-state index in [4.69, 9.17) is 0 Å². The lowest BCUT2D eigenvalue weighted by Crippen LogP contribution is -2.22. The molecule has 0 unspecified atom stereocenters. The van der Waals surface area contributed by atoms with Gasteiger partial charge in [-0.25, -0.2) is 0 Å². The van der Waals surface area contributed by atoms with Crippen LogP contribution in [0.4, 0.5) is 5.69 Å². The molecule has 0 aromatic heterocycles. The van der Waals surface area contributed by atoms with E-state index in [-0.39, 0.29) is 0 Å². The summed E-state index contributed by atoms with van der Waals surface area (Å²) in [5.41, 5.74) is 5.25. The van der Waals surface area contributed by atoms with Crippen LogP contribution in [0.5, 0.6) is 0 Å². The Labute approximate surface area is 122 Å². The standard InChI is InChI=1S/C19H23N/c1-15-14-18(20-17-10-6-3-7-11-17)12-13-19(15)16-8-4-2-5-9-16/h2,4-5,8-9,12-14,17,20H,3,6-7,10-11H2,1H3. The number of nitrogens with one attached hydrogen (secondary N) is 1. The minimum Gasteiger partial charge on any atom is -0.382 e. The quantitative estimate of drug-likeness (QED) is 0.782. The fourth-order valence-electron chi connectivity index (χ4n) is 3.18. The van der Waals surface area contributed by atoms with Gasteiger partial charge in [-0.2, -0.15) is 0 Å². The molecule has 1 saturated carbocycles. The fourth-order valence-corrected chi connectivity index (χ4v) is 3.18. The molecule has 0 aliphatic heterocycles. The van der Waals surface area contributed by atoms with Crippen molar-refractivity contribution in [2.75, 3.05) is 5.32 Å². The highest BCUT2D eigenvalue weighted by atomic mass is 14.9. The van der Waals surface area contributed by atoms with Gasteiger partial charge in [0.2, 0.25) is 0 Å². The summed E-state index contributed by atoms with van der Waals surface area (Å²) in [7, 11) is 0. The van der Waals surface area contributed by atoms with E-state index in [1.807, 2.05) is 0 Å². The second-order valence-corrected chi connectivity index (χ2v) is 5.87. The molecule has 0 saturated heterocycles. The predicted octanol–water partition coefficient (Wildman–Crippen LogP) is 5.41. The van der Waals surface area contributed by atoms with Crippen molar-refractivity contribution >= 4 is 5.69 Å². The predicted molar refractivity (Wildman–Crippen MR) is 87.1 cm³/mol. The summed E-state index contributed by atoms with van der Waals surface area (Å²) in [5, 5.41) is 3.70. The van der Waals surface area contributed by atoms with E-state index in [2.05, 4.69) is 60.8 Å². The van der Waals surface area contributed by atoms with Gasteiger partial charge in [-0.3, -0.25) is 0 Å². The topological polar surface area (TPSA) is 12.0 Å². The highest BCUT2D eigenvalue weighted by molar-refractivity contribution is 5.70. The average Bonchev–Trinajstić information content (AvgIpc) is 2.49. The first kappa shape index (κ1) is 13.2. The van der Waals surface area contributed by atoms with Gasteiger partial charge in [-0.1, -0.05) is 55.7 Å². The van der Waals surface area contributed by atoms with Gasteiger partial charge in [-0.15, -0.1) is 0 Å². The highest BCUT2D eigenvalue weighted by Crippen LogP contribution is 2.27. The van der Waals surface area contributed by atoms with Gasteiger partial charge < -0.3 is 5.32 Å². The van der Waals surface area contributed by atoms with Crippen molar-refractivity contribution in [3.8, 4) is 11.1 Å². The fraction of sp³-hybridized carbons (Fsp3) is 0.368. The van der Waals surface area contributed by atoms with E-state index < -0.39 is 0 Å². The Balaban J connectivity index is 1.77. The number of rotatable bonds is 3. The molecule has 104 valence electrons. The van der Waals surface area contributed by atoms with Crippen LogP contribution in [0.15, 0.2) is 48.5 Å². The minimum atomic E-state index is 0.672. The molecule has 20 heavy (non-hydrogen) atoms. The van der Waals surface area contributed by atoms with Crippen LogP contribution in [0.1, 0.15) is 37.7 Å². The molecular formula is C19H23N. The smallest absolute Gasteiger partial charge is 0.0345 e. The molecule has 1 heteroatoms. The van der Waals surface area contributed by atoms with E-state index in [0.29, 0.717) is 6.04 Å². The average molecular weight is 265 g/mol. The third kappa shape index (κ3) is 3.04. The van der Waals surface area contributed by atoms with Crippen molar-refractivity contribution in [2.45, 2.75) is 45.1 Å². The summed E-state index contributed by atoms with van der Waals surface area (Å²) in [6.45, 7) is 2.20. The molecule has 0 atom stereocenters. The molecular weight excluding hydrogens is 242 g/mol. The molecule has 1 aliphatic carbocycles. The molecule has 2 aromatic rings. The maximum atomic E-state index is 3.70. The summed E-state index contributed by atoms with van der Waals surface area (Å²) in [4.78, 5) is 0. The molecule has 0 amide bonds. The van der Waals surface area contributed by atoms with Crippen LogP contribution < -0.4 is 5.32 Å². The van der Waals surface area contributed by atoms with Crippen molar-refractivity contribution in [3.63, 3.8) is 0 Å². The first-order valence-electron chi connectivity index (χ1n) is 7.75. The molecule has 0 spiro atoms. The molecule has 3 rings (SSSR count). The van der Waals surface area contributed by atoms with Crippen molar-refractivity contribution in [3.05, 3.63) is 54.1 Å². The van der Waals surface area contributed by atoms with Gasteiger partial charge in [0.15, 0.2) is 0 Å². The molecule has 1 aliphatic rings. The Bertz CT molecular complexity index is 553. The van der Waals surface area contributed by atoms with E-state index in [9.17, 15) is 0 Å². The van der Waals surface area contributed by atoms with E-state index in [0.717, 1.165) is 0 Å². The molecule has 0 radical (unpaired) electrons. The lowest BCUT2D eigenvalue weighted by atomic mass is 9.95. The van der Waals surface area contributed by atoms with Gasteiger partial charge in [0, 0.05) is 11.7 Å². The molecule has 1 N–H and O–H groups in total. The maximum Gasteiger partial charge on any atom is 0.0345 e. The number of benzene rings is 2. The van der Waals surface area contributed by atoms with Gasteiger partial charge in [-0.05, 0) is 48.6 Å². The molecule has 0 heterocycles. The maximum absolute atomic E-state index is 3.70. The first-order valence-corrected chi connectivity index (χ1v) is 7.75. The van der Waals surface area contributed by atoms with Crippen LogP contribution in [0, 0.1) is 6.92 Å². The summed E-state index contributed by atoms with van der Waals surface area (Å²) in [6.07, 6.45) is 6.79. The normalized spacial score (nSPS) is 16.1. The zero-order valence-corrected chi connectivity index (χ0v) is 12.2. The van der Waals surface area contributed by atoms with E-state index in [1.54, 1.807) is 0 Å². The number of aryl methyl sites for hydroxylation is 1. The third-order valence-electron chi connectivity index (χ3n) is 4.29. The van der Waals surface area contributed by atoms with Crippen molar-refractivity contribution in [2.24, 2.45) is 0 Å². The van der Waals surface area contributed by atoms with E-state index in [1.165, 1.54) is 54.5 Å². The Morgan fingerprint density at radius 1 is 0.900 bits per heavy atom. The zero-order chi connectivity index (χ0) is 13.8. The summed E-state index contributed by atoms with van der Waals surface area (Å²) < 4.78 is 0. The van der Waals surface area contributed by atoms with Crippen molar-refractivity contribution < 1.29 is 0 Å². The van der Waals surface area contributed by atoms with Gasteiger partial charge >= 0.3 is 0 Å². The van der Waals surface area contributed by atoms with Gasteiger partial charge in [0.1, 0.15) is 0 Å². The summed E-state index contributed by atoms with van der Waals surface area (Å²) in [6, 6.07) is 18.1. The van der Waals surface area contributed by atoms with Crippen LogP contribution in [-0.4, -0.2) is 6.04 Å². The summed E-state index contributed by atoms with van der Waals surface area (Å²) >= 11 is 0. The monoisotopic (exact) mass is 265 g/mol. The van der Waals surface area contributed by atoms with Crippen LogP contribution in [-0.2, 0) is 0 Å². The van der Waals surface area contributed by atoms with Crippen LogP contribution in [0.25, 0.3) is 11.1 Å². The third-order valence-corrected chi connectivity index (χ3v) is 4.29. The number of hydrogen-bond acceptors (Lipinski definition) is 1. The van der Waals surface area contributed by atoms with Crippen LogP contribution in [0.3, 0.4) is 0 Å². The number of hydrogen-bond donors (Lipinski definition) is 1. The molecule has 1 fully saturated rings. The zero-order valence-electron chi connectivity index (χ0n) is 12.2. The largest absolute Gasteiger partial charge is 0.382 e. The second kappa shape index (κ2) is 6.13. The Kier molecular flexibility index (Phi) is 4.05. The lowest BCUT2D eigenvalue weighted by Gasteiger charge is -2.24. The Morgan fingerprint density at radius 2 is 1.65 bits per heavy atom. The molecule has 2 aromatic carbocycles. The molecule has 0 bridgehead atoms. The summed E-state index contributed by atoms with van der Waals surface area (Å²) in [5.74, 6) is 0. The first-order chi connectivity index (χ1) is 9.83. The Morgan fingerprint density at radius 3 is 2.35 bits per heavy atom. The van der Waals surface area contributed by atoms with Crippen molar-refractivity contribution in [1.82, 2.24) is 0 Å². The highest BCUT2D eigenvalue weighted by Gasteiger charge is 2.13. The second-order valence-electron chi connectivity index (χ2n) is 5.87. The van der Waals surface area contributed by atoms with Crippen molar-refractivity contribution in [1.29, 1.82) is 0 Å². The van der Waals surface area contributed by atoms with Crippen LogP contribution >= 0.6 is 0 Å². The minimum absolute atomic E-state index is 0.672. The van der Waals surface area contributed by atoms with Gasteiger partial charge in [0.05, 0.1) is 0 Å². The number of anilines is 1.